The molecule has 3 N–H and O–H groups in total. The summed E-state index contributed by atoms with van der Waals surface area (Å²) in [6, 6.07) is 35.5. The first-order valence-electron chi connectivity index (χ1n) is 32.2. The highest BCUT2D eigenvalue weighted by molar-refractivity contribution is 6.63. The van der Waals surface area contributed by atoms with Crippen LogP contribution in [-0.2, 0) is 61.0 Å². The van der Waals surface area contributed by atoms with Gasteiger partial charge in [-0.25, -0.2) is 29.9 Å². The molecule has 0 amide bonds. The molecule has 2 heterocycles. The Balaban J connectivity index is 0.000000183. The molecule has 88 heavy (non-hydrogen) atoms. The molecule has 6 aromatic carbocycles. The number of hydrogen-bond acceptors (Lipinski definition) is 12. The summed E-state index contributed by atoms with van der Waals surface area (Å²) in [6.07, 6.45) is 30.6. The molecule has 0 unspecified atom stereocenters. The minimum absolute atomic E-state index is 0. The molecule has 8 aromatic rings. The van der Waals surface area contributed by atoms with E-state index in [1.807, 2.05) is 0 Å². The fraction of sp³-hybridized carbons (Fsp3) is 0.413. The van der Waals surface area contributed by atoms with Gasteiger partial charge in [-0.05, 0) is 220 Å². The minimum atomic E-state index is -0.284. The molecular formula is C75H87ClN6O6. The lowest BCUT2D eigenvalue weighted by molar-refractivity contribution is -0.134. The van der Waals surface area contributed by atoms with E-state index in [0.717, 1.165) is 106 Å². The van der Waals surface area contributed by atoms with E-state index in [1.165, 1.54) is 146 Å². The standard InChI is InChI=1S/C37H41N3O3.C29H27N3O2.C8H15ClO.CH4/c1-2-3-4-5-6-15-34(42)43-31-20-21-32(33(41)24-31)37-39-35(29-18-16-25-11-7-9-13-27(25)22-29)38-36(40-37)30-19-17-26-12-8-10-14-28(26)23-30;33-24-13-14-25(26(34)17-24)29-31-27(22-11-9-18-5-1-3-7-20(18)15-22)30-28(32-29)23-12-10-19-6-2-4-8-21(19)16-23;1-2-3-4-5-6-7-8(9)10;/h16-24,41H,2-15H2,1H3;9-17,33-34H,1-8H2;2-7H2,1H3;1H4. The topological polar surface area (TPSA) is 181 Å². The summed E-state index contributed by atoms with van der Waals surface area (Å²) in [7, 11) is 0. The Kier molecular flexibility index (Phi) is 23.4. The number of phenolic OH excluding ortho intramolecular Hbond substituents is 3. The van der Waals surface area contributed by atoms with Crippen LogP contribution < -0.4 is 4.74 Å². The molecule has 12 rings (SSSR count). The van der Waals surface area contributed by atoms with Crippen LogP contribution in [0.25, 0.3) is 68.3 Å². The molecule has 4 aliphatic rings. The highest BCUT2D eigenvalue weighted by atomic mass is 35.5. The van der Waals surface area contributed by atoms with Gasteiger partial charge in [0, 0.05) is 47.2 Å². The van der Waals surface area contributed by atoms with Crippen molar-refractivity contribution >= 4 is 22.8 Å². The maximum absolute atomic E-state index is 12.4. The van der Waals surface area contributed by atoms with Crippen LogP contribution in [0.15, 0.2) is 109 Å². The van der Waals surface area contributed by atoms with Gasteiger partial charge >= 0.3 is 5.97 Å². The Hall–Kier alpha value is -7.83. The van der Waals surface area contributed by atoms with E-state index < -0.39 is 0 Å². The number of hydrogen-bond donors (Lipinski definition) is 3. The van der Waals surface area contributed by atoms with Crippen molar-refractivity contribution < 1.29 is 29.6 Å². The Labute approximate surface area is 525 Å². The maximum Gasteiger partial charge on any atom is 0.311 e. The predicted octanol–water partition coefficient (Wildman–Crippen LogP) is 18.4. The monoisotopic (exact) mass is 1200 g/mol. The van der Waals surface area contributed by atoms with Crippen LogP contribution in [-0.4, -0.2) is 56.4 Å². The molecule has 0 atom stereocenters. The van der Waals surface area contributed by atoms with E-state index in [4.69, 9.17) is 46.2 Å². The number of aromatic nitrogens is 6. The average Bonchev–Trinajstić information content (AvgIpc) is 3.74. The van der Waals surface area contributed by atoms with E-state index in [1.54, 1.807) is 18.2 Å². The van der Waals surface area contributed by atoms with Crippen molar-refractivity contribution in [2.45, 2.75) is 201 Å². The molecule has 13 heteroatoms. The van der Waals surface area contributed by atoms with Crippen molar-refractivity contribution in [3.63, 3.8) is 0 Å². The fourth-order valence-corrected chi connectivity index (χ4v) is 12.5. The van der Waals surface area contributed by atoms with Gasteiger partial charge < -0.3 is 20.1 Å². The second-order valence-corrected chi connectivity index (χ2v) is 24.3. The molecule has 0 saturated carbocycles. The van der Waals surface area contributed by atoms with E-state index in [2.05, 4.69) is 86.6 Å². The highest BCUT2D eigenvalue weighted by Crippen LogP contribution is 2.37. The zero-order valence-corrected chi connectivity index (χ0v) is 51.6. The number of phenols is 3. The zero-order chi connectivity index (χ0) is 60.5. The molecule has 0 aliphatic heterocycles. The van der Waals surface area contributed by atoms with Gasteiger partial charge in [0.1, 0.15) is 23.0 Å². The van der Waals surface area contributed by atoms with Crippen molar-refractivity contribution in [2.24, 2.45) is 0 Å². The van der Waals surface area contributed by atoms with Crippen LogP contribution in [0.5, 0.6) is 23.0 Å². The van der Waals surface area contributed by atoms with Gasteiger partial charge in [-0.1, -0.05) is 121 Å². The van der Waals surface area contributed by atoms with E-state index in [0.29, 0.717) is 64.7 Å². The number of nitrogens with zero attached hydrogens (tertiary/aromatic N) is 6. The number of carbonyl (C=O) groups excluding carboxylic acids is 2. The van der Waals surface area contributed by atoms with Crippen molar-refractivity contribution in [1.29, 1.82) is 0 Å². The van der Waals surface area contributed by atoms with Crippen molar-refractivity contribution in [1.82, 2.24) is 29.9 Å². The summed E-state index contributed by atoms with van der Waals surface area (Å²) in [5.41, 5.74) is 15.9. The Morgan fingerprint density at radius 2 is 0.716 bits per heavy atom. The van der Waals surface area contributed by atoms with Gasteiger partial charge in [0.15, 0.2) is 34.9 Å². The molecule has 2 aromatic heterocycles. The number of carbonyl (C=O) groups is 2. The highest BCUT2D eigenvalue weighted by Gasteiger charge is 2.22. The molecule has 0 saturated heterocycles. The Bertz CT molecular complexity index is 3540. The SMILES string of the molecule is C.CCCCCCCC(=O)Cl.CCCCCCCC(=O)Oc1ccc(-c2nc(-c3ccc4c(c3)CCCC4)nc(-c3ccc4c(c3)CCCC4)n2)c(O)c1.Oc1ccc(-c2nc(-c3ccc4c(c3)CCCC4)nc(-c3ccc4c(c3)CCCC4)n2)c(O)c1. The number of esters is 1. The minimum Gasteiger partial charge on any atom is -0.508 e. The number of fused-ring (bicyclic) bond motifs is 4. The second kappa shape index (κ2) is 31.9. The molecule has 460 valence electrons. The number of ether oxygens (including phenoxy) is 1. The largest absolute Gasteiger partial charge is 0.508 e. The van der Waals surface area contributed by atoms with Gasteiger partial charge in [-0.15, -0.1) is 0 Å². The first kappa shape index (κ1) is 64.6. The van der Waals surface area contributed by atoms with E-state index >= 15 is 0 Å². The van der Waals surface area contributed by atoms with Crippen LogP contribution in [0.4, 0.5) is 0 Å². The van der Waals surface area contributed by atoms with Crippen molar-refractivity contribution in [3.8, 4) is 91.3 Å². The predicted molar refractivity (Wildman–Crippen MR) is 354 cm³/mol. The van der Waals surface area contributed by atoms with Gasteiger partial charge in [-0.3, -0.25) is 9.59 Å². The lowest BCUT2D eigenvalue weighted by atomic mass is 9.90. The molecule has 0 radical (unpaired) electrons. The number of aromatic hydroxyl groups is 3. The first-order chi connectivity index (χ1) is 42.5. The molecule has 12 nitrogen and oxygen atoms in total. The summed E-state index contributed by atoms with van der Waals surface area (Å²) < 4.78 is 5.53. The van der Waals surface area contributed by atoms with Crippen molar-refractivity contribution in [3.05, 3.63) is 154 Å². The van der Waals surface area contributed by atoms with Gasteiger partial charge in [-0.2, -0.15) is 0 Å². The lowest BCUT2D eigenvalue weighted by Gasteiger charge is -2.18. The number of halogens is 1. The van der Waals surface area contributed by atoms with Crippen molar-refractivity contribution in [2.75, 3.05) is 0 Å². The van der Waals surface area contributed by atoms with Crippen LogP contribution in [0, 0.1) is 0 Å². The third-order valence-corrected chi connectivity index (χ3v) is 17.5. The van der Waals surface area contributed by atoms with Crippen LogP contribution >= 0.6 is 11.6 Å². The quantitative estimate of drug-likeness (QED) is 0.0302. The molecular weight excluding hydrogens is 1120 g/mol. The maximum atomic E-state index is 12.4. The summed E-state index contributed by atoms with van der Waals surface area (Å²) in [6.45, 7) is 4.35. The number of rotatable bonds is 19. The van der Waals surface area contributed by atoms with E-state index in [-0.39, 0.29) is 35.9 Å². The van der Waals surface area contributed by atoms with Gasteiger partial charge in [0.25, 0.3) is 0 Å². The Morgan fingerprint density at radius 1 is 0.386 bits per heavy atom. The normalized spacial score (nSPS) is 13.8. The van der Waals surface area contributed by atoms with E-state index in [9.17, 15) is 24.9 Å². The van der Waals surface area contributed by atoms with Gasteiger partial charge in [0.05, 0.1) is 11.1 Å². The molecule has 0 spiro atoms. The average molecular weight is 1200 g/mol. The summed E-state index contributed by atoms with van der Waals surface area (Å²) in [5, 5.41) is 31.2. The zero-order valence-electron chi connectivity index (χ0n) is 50.8. The van der Waals surface area contributed by atoms with Crippen LogP contribution in [0.1, 0.15) is 194 Å². The summed E-state index contributed by atoms with van der Waals surface area (Å²) in [4.78, 5) is 51.7. The number of aryl methyl sites for hydroxylation is 8. The molecule has 0 bridgehead atoms. The smallest absolute Gasteiger partial charge is 0.311 e. The van der Waals surface area contributed by atoms with Gasteiger partial charge in [0.2, 0.25) is 5.24 Å². The summed E-state index contributed by atoms with van der Waals surface area (Å²) >= 11 is 5.15. The number of unbranched alkanes of at least 4 members (excludes halogenated alkanes) is 8. The summed E-state index contributed by atoms with van der Waals surface area (Å²) in [5.74, 6) is 3.10. The Morgan fingerprint density at radius 3 is 1.07 bits per heavy atom. The second-order valence-electron chi connectivity index (χ2n) is 23.9. The third-order valence-electron chi connectivity index (χ3n) is 17.3. The molecule has 0 fully saturated rings. The third kappa shape index (κ3) is 17.3. The molecule has 4 aliphatic carbocycles. The van der Waals surface area contributed by atoms with Crippen LogP contribution in [0.2, 0.25) is 0 Å². The van der Waals surface area contributed by atoms with Crippen LogP contribution in [0.3, 0.4) is 0 Å². The number of benzene rings is 6. The fourth-order valence-electron chi connectivity index (χ4n) is 12.4. The lowest BCUT2D eigenvalue weighted by Crippen LogP contribution is -2.07. The first-order valence-corrected chi connectivity index (χ1v) is 32.6.